The molecule has 2 aromatic rings. The maximum Gasteiger partial charge on any atom is 0.176 e. The number of carbonyl (C=O) groups is 2. The second-order valence-electron chi connectivity index (χ2n) is 3.23. The zero-order chi connectivity index (χ0) is 11.0. The van der Waals surface area contributed by atoms with Gasteiger partial charge in [0.2, 0.25) is 0 Å². The summed E-state index contributed by atoms with van der Waals surface area (Å²) in [4.78, 5) is 22.2. The van der Waals surface area contributed by atoms with Crippen molar-refractivity contribution >= 4 is 33.5 Å². The lowest BCUT2D eigenvalue weighted by atomic mass is 10.2. The van der Waals surface area contributed by atoms with Gasteiger partial charge in [-0.25, -0.2) is 0 Å². The first kappa shape index (κ1) is 10.1. The Morgan fingerprint density at radius 1 is 1.53 bits per heavy atom. The largest absolute Gasteiger partial charge is 0.312 e. The Balaban J connectivity index is 2.93. The van der Waals surface area contributed by atoms with Gasteiger partial charge in [0.1, 0.15) is 0 Å². The Hall–Kier alpha value is -1.42. The fourth-order valence-electron chi connectivity index (χ4n) is 1.61. The molecule has 0 spiro atoms. The van der Waals surface area contributed by atoms with Crippen LogP contribution in [0.25, 0.3) is 5.52 Å². The van der Waals surface area contributed by atoms with Gasteiger partial charge in [-0.3, -0.25) is 9.59 Å². The number of hydrogen-bond donors (Lipinski definition) is 0. The number of carbonyl (C=O) groups excluding carboxylic acids is 2. The van der Waals surface area contributed by atoms with Crippen molar-refractivity contribution in [1.29, 1.82) is 0 Å². The van der Waals surface area contributed by atoms with Crippen LogP contribution in [0.4, 0.5) is 0 Å². The van der Waals surface area contributed by atoms with Gasteiger partial charge in [-0.15, -0.1) is 0 Å². The molecule has 0 amide bonds. The van der Waals surface area contributed by atoms with Crippen LogP contribution in [-0.4, -0.2) is 16.5 Å². The molecule has 15 heavy (non-hydrogen) atoms. The molecule has 2 rings (SSSR count). The Morgan fingerprint density at radius 3 is 2.87 bits per heavy atom. The zero-order valence-electron chi connectivity index (χ0n) is 8.03. The van der Waals surface area contributed by atoms with E-state index in [9.17, 15) is 9.59 Å². The van der Waals surface area contributed by atoms with E-state index in [2.05, 4.69) is 15.9 Å². The minimum Gasteiger partial charge on any atom is -0.312 e. The van der Waals surface area contributed by atoms with E-state index < -0.39 is 0 Å². The van der Waals surface area contributed by atoms with Crippen molar-refractivity contribution in [3.05, 3.63) is 40.1 Å². The second kappa shape index (κ2) is 3.62. The maximum atomic E-state index is 11.3. The molecule has 0 atom stereocenters. The van der Waals surface area contributed by atoms with Gasteiger partial charge in [0.25, 0.3) is 0 Å². The molecule has 0 saturated carbocycles. The lowest BCUT2D eigenvalue weighted by molar-refractivity contribution is 0.101. The SMILES string of the molecule is CC(=O)c1cc(C=O)c2c(Br)cccn12. The molecule has 4 heteroatoms. The highest BCUT2D eigenvalue weighted by molar-refractivity contribution is 9.10. The fraction of sp³-hybridized carbons (Fsp3) is 0.0909. The molecule has 0 radical (unpaired) electrons. The number of nitrogens with zero attached hydrogens (tertiary/aromatic N) is 1. The molecule has 0 aliphatic heterocycles. The first-order valence-corrected chi connectivity index (χ1v) is 5.20. The monoisotopic (exact) mass is 265 g/mol. The zero-order valence-corrected chi connectivity index (χ0v) is 9.61. The van der Waals surface area contributed by atoms with E-state index in [1.54, 1.807) is 16.7 Å². The minimum absolute atomic E-state index is 0.0591. The smallest absolute Gasteiger partial charge is 0.176 e. The van der Waals surface area contributed by atoms with Crippen molar-refractivity contribution in [2.24, 2.45) is 0 Å². The topological polar surface area (TPSA) is 38.5 Å². The lowest BCUT2D eigenvalue weighted by Crippen LogP contribution is -1.97. The first-order chi connectivity index (χ1) is 7.15. The highest BCUT2D eigenvalue weighted by atomic mass is 79.9. The standard InChI is InChI=1S/C11H8BrNO2/c1-7(15)10-5-8(6-14)11-9(12)3-2-4-13(10)11/h2-6H,1H3. The lowest BCUT2D eigenvalue weighted by Gasteiger charge is -2.00. The number of Topliss-reactive ketones (excluding diaryl/α,β-unsaturated/α-hetero) is 1. The van der Waals surface area contributed by atoms with Crippen LogP contribution in [0.15, 0.2) is 28.9 Å². The van der Waals surface area contributed by atoms with Crippen LogP contribution in [0.2, 0.25) is 0 Å². The predicted octanol–water partition coefficient (Wildman–Crippen LogP) is 2.72. The van der Waals surface area contributed by atoms with Crippen LogP contribution in [0, 0.1) is 0 Å². The maximum absolute atomic E-state index is 11.3. The summed E-state index contributed by atoms with van der Waals surface area (Å²) in [5, 5.41) is 0. The highest BCUT2D eigenvalue weighted by Gasteiger charge is 2.13. The van der Waals surface area contributed by atoms with E-state index in [4.69, 9.17) is 0 Å². The van der Waals surface area contributed by atoms with Gasteiger partial charge in [0.15, 0.2) is 12.1 Å². The summed E-state index contributed by atoms with van der Waals surface area (Å²) in [5.74, 6) is -0.0591. The molecule has 0 saturated heterocycles. The molecular formula is C11H8BrNO2. The van der Waals surface area contributed by atoms with Crippen LogP contribution >= 0.6 is 15.9 Å². The number of hydrogen-bond acceptors (Lipinski definition) is 2. The number of halogens is 1. The number of pyridine rings is 1. The third-order valence-corrected chi connectivity index (χ3v) is 2.90. The van der Waals surface area contributed by atoms with Crippen molar-refractivity contribution < 1.29 is 9.59 Å². The second-order valence-corrected chi connectivity index (χ2v) is 4.09. The third-order valence-electron chi connectivity index (χ3n) is 2.26. The molecule has 0 unspecified atom stereocenters. The minimum atomic E-state index is -0.0591. The molecule has 0 aromatic carbocycles. The predicted molar refractivity (Wildman–Crippen MR) is 60.5 cm³/mol. The van der Waals surface area contributed by atoms with Crippen LogP contribution in [-0.2, 0) is 0 Å². The van der Waals surface area contributed by atoms with Gasteiger partial charge in [-0.1, -0.05) is 0 Å². The average Bonchev–Trinajstić information content (AvgIpc) is 2.58. The van der Waals surface area contributed by atoms with Crippen LogP contribution in [0.1, 0.15) is 27.8 Å². The van der Waals surface area contributed by atoms with E-state index in [0.717, 1.165) is 16.3 Å². The van der Waals surface area contributed by atoms with E-state index in [-0.39, 0.29) is 5.78 Å². The molecule has 3 nitrogen and oxygen atoms in total. The third kappa shape index (κ3) is 1.51. The number of fused-ring (bicyclic) bond motifs is 1. The average molecular weight is 266 g/mol. The fourth-order valence-corrected chi connectivity index (χ4v) is 2.18. The van der Waals surface area contributed by atoms with Gasteiger partial charge < -0.3 is 4.40 Å². The van der Waals surface area contributed by atoms with Crippen molar-refractivity contribution in [1.82, 2.24) is 4.40 Å². The van der Waals surface area contributed by atoms with Crippen LogP contribution < -0.4 is 0 Å². The van der Waals surface area contributed by atoms with Gasteiger partial charge >= 0.3 is 0 Å². The highest BCUT2D eigenvalue weighted by Crippen LogP contribution is 2.24. The first-order valence-electron chi connectivity index (χ1n) is 4.41. The number of rotatable bonds is 2. The summed E-state index contributed by atoms with van der Waals surface area (Å²) in [6.45, 7) is 1.48. The molecule has 2 heterocycles. The molecule has 0 aliphatic carbocycles. The molecule has 0 aliphatic rings. The number of aromatic nitrogens is 1. The van der Waals surface area contributed by atoms with Gasteiger partial charge in [-0.05, 0) is 34.1 Å². The molecular weight excluding hydrogens is 258 g/mol. The number of aldehydes is 1. The quantitative estimate of drug-likeness (QED) is 0.619. The summed E-state index contributed by atoms with van der Waals surface area (Å²) < 4.78 is 2.52. The molecule has 0 N–H and O–H groups in total. The van der Waals surface area contributed by atoms with Crippen molar-refractivity contribution in [2.45, 2.75) is 6.92 Å². The Labute approximate surface area is 94.8 Å². The molecule has 76 valence electrons. The van der Waals surface area contributed by atoms with Gasteiger partial charge in [0, 0.05) is 23.2 Å². The Bertz CT molecular complexity index is 557. The molecule has 2 aromatic heterocycles. The van der Waals surface area contributed by atoms with Gasteiger partial charge in [0.05, 0.1) is 11.2 Å². The Kier molecular flexibility index (Phi) is 2.44. The normalized spacial score (nSPS) is 10.5. The van der Waals surface area contributed by atoms with E-state index in [1.807, 2.05) is 12.1 Å². The van der Waals surface area contributed by atoms with E-state index >= 15 is 0 Å². The van der Waals surface area contributed by atoms with Crippen molar-refractivity contribution in [2.75, 3.05) is 0 Å². The van der Waals surface area contributed by atoms with Crippen LogP contribution in [0.5, 0.6) is 0 Å². The Morgan fingerprint density at radius 2 is 2.27 bits per heavy atom. The summed E-state index contributed by atoms with van der Waals surface area (Å²) in [6, 6.07) is 5.26. The molecule has 0 bridgehead atoms. The van der Waals surface area contributed by atoms with Gasteiger partial charge in [-0.2, -0.15) is 0 Å². The molecule has 0 fully saturated rings. The van der Waals surface area contributed by atoms with Crippen molar-refractivity contribution in [3.8, 4) is 0 Å². The summed E-state index contributed by atoms with van der Waals surface area (Å²) in [7, 11) is 0. The summed E-state index contributed by atoms with van der Waals surface area (Å²) >= 11 is 3.36. The summed E-state index contributed by atoms with van der Waals surface area (Å²) in [6.07, 6.45) is 2.52. The summed E-state index contributed by atoms with van der Waals surface area (Å²) in [5.41, 5.74) is 1.78. The van der Waals surface area contributed by atoms with E-state index in [0.29, 0.717) is 11.3 Å². The van der Waals surface area contributed by atoms with Crippen LogP contribution in [0.3, 0.4) is 0 Å². The van der Waals surface area contributed by atoms with Crippen molar-refractivity contribution in [3.63, 3.8) is 0 Å². The van der Waals surface area contributed by atoms with E-state index in [1.165, 1.54) is 6.92 Å². The number of ketones is 1.